The predicted molar refractivity (Wildman–Crippen MR) is 101 cm³/mol. The first-order chi connectivity index (χ1) is 13.3. The number of carbonyl (C=O) groups is 1. The summed E-state index contributed by atoms with van der Waals surface area (Å²) in [4.78, 5) is 28.6. The van der Waals surface area contributed by atoms with E-state index < -0.39 is 17.8 Å². The Morgan fingerprint density at radius 1 is 1.04 bits per heavy atom. The molecule has 0 aliphatic rings. The molecule has 0 radical (unpaired) electrons. The number of halogens is 3. The summed E-state index contributed by atoms with van der Waals surface area (Å²) in [5.41, 5.74) is -0.0578. The minimum absolute atomic E-state index is 0.132. The Labute approximate surface area is 160 Å². The predicted octanol–water partition coefficient (Wildman–Crippen LogP) is 4.27. The molecule has 0 spiro atoms. The van der Waals surface area contributed by atoms with E-state index in [9.17, 15) is 22.8 Å². The van der Waals surface area contributed by atoms with Crippen molar-refractivity contribution >= 4 is 44.2 Å². The van der Waals surface area contributed by atoms with Crippen LogP contribution in [0.3, 0.4) is 0 Å². The number of alkyl halides is 3. The molecule has 1 N–H and O–H groups in total. The molecule has 0 saturated carbocycles. The third-order valence-electron chi connectivity index (χ3n) is 4.22. The SMILES string of the molecule is O=C(Cn1c2ccccc2c(=O)c2ccccc21)Nc1nc(C(F)(F)F)cs1. The van der Waals surface area contributed by atoms with Gasteiger partial charge in [-0.05, 0) is 24.3 Å². The number of aromatic nitrogens is 2. The van der Waals surface area contributed by atoms with E-state index in [1.165, 1.54) is 0 Å². The van der Waals surface area contributed by atoms with E-state index in [1.54, 1.807) is 53.1 Å². The number of pyridine rings is 1. The number of anilines is 1. The number of hydrogen-bond donors (Lipinski definition) is 1. The van der Waals surface area contributed by atoms with Gasteiger partial charge < -0.3 is 9.88 Å². The highest BCUT2D eigenvalue weighted by Gasteiger charge is 2.33. The summed E-state index contributed by atoms with van der Waals surface area (Å²) in [6.45, 7) is -0.178. The number of fused-ring (bicyclic) bond motifs is 2. The molecule has 28 heavy (non-hydrogen) atoms. The van der Waals surface area contributed by atoms with E-state index >= 15 is 0 Å². The van der Waals surface area contributed by atoms with Gasteiger partial charge in [-0.1, -0.05) is 24.3 Å². The van der Waals surface area contributed by atoms with Crippen LogP contribution in [0.4, 0.5) is 18.3 Å². The number of carbonyl (C=O) groups excluding carboxylic acids is 1. The minimum Gasteiger partial charge on any atom is -0.331 e. The van der Waals surface area contributed by atoms with Crippen molar-refractivity contribution in [3.05, 3.63) is 69.8 Å². The summed E-state index contributed by atoms with van der Waals surface area (Å²) in [6.07, 6.45) is -4.56. The molecule has 5 nitrogen and oxygen atoms in total. The van der Waals surface area contributed by atoms with Gasteiger partial charge in [-0.2, -0.15) is 13.2 Å². The quantitative estimate of drug-likeness (QED) is 0.520. The molecule has 4 rings (SSSR count). The number of benzene rings is 2. The Morgan fingerprint density at radius 2 is 1.61 bits per heavy atom. The summed E-state index contributed by atoms with van der Waals surface area (Å²) >= 11 is 0.703. The lowest BCUT2D eigenvalue weighted by Gasteiger charge is -2.14. The lowest BCUT2D eigenvalue weighted by atomic mass is 10.1. The van der Waals surface area contributed by atoms with Crippen molar-refractivity contribution in [2.24, 2.45) is 0 Å². The second-order valence-corrected chi connectivity index (χ2v) is 6.89. The molecule has 4 aromatic rings. The van der Waals surface area contributed by atoms with Gasteiger partial charge in [-0.3, -0.25) is 9.59 Å². The molecule has 2 aromatic carbocycles. The fourth-order valence-corrected chi connectivity index (χ4v) is 3.74. The highest BCUT2D eigenvalue weighted by Crippen LogP contribution is 2.31. The fraction of sp³-hybridized carbons (Fsp3) is 0.105. The van der Waals surface area contributed by atoms with E-state index in [2.05, 4.69) is 10.3 Å². The Balaban J connectivity index is 1.73. The van der Waals surface area contributed by atoms with Gasteiger partial charge in [0.25, 0.3) is 0 Å². The Bertz CT molecular complexity index is 1200. The number of para-hydroxylation sites is 2. The van der Waals surface area contributed by atoms with Gasteiger partial charge in [-0.15, -0.1) is 11.3 Å². The van der Waals surface area contributed by atoms with Crippen LogP contribution in [-0.4, -0.2) is 15.5 Å². The topological polar surface area (TPSA) is 64.0 Å². The molecule has 1 amide bonds. The molecule has 0 saturated heterocycles. The van der Waals surface area contributed by atoms with E-state index in [0.29, 0.717) is 33.1 Å². The molecule has 142 valence electrons. The number of nitrogens with one attached hydrogen (secondary N) is 1. The van der Waals surface area contributed by atoms with Gasteiger partial charge in [0.15, 0.2) is 16.3 Å². The smallest absolute Gasteiger partial charge is 0.331 e. The van der Waals surface area contributed by atoms with Gasteiger partial charge in [0.2, 0.25) is 5.91 Å². The summed E-state index contributed by atoms with van der Waals surface area (Å²) in [6, 6.07) is 13.8. The van der Waals surface area contributed by atoms with Gasteiger partial charge >= 0.3 is 6.18 Å². The lowest BCUT2D eigenvalue weighted by molar-refractivity contribution is -0.140. The van der Waals surface area contributed by atoms with Crippen LogP contribution in [0.1, 0.15) is 5.69 Å². The molecule has 9 heteroatoms. The average molecular weight is 403 g/mol. The van der Waals surface area contributed by atoms with Crippen molar-refractivity contribution in [2.75, 3.05) is 5.32 Å². The van der Waals surface area contributed by atoms with Crippen LogP contribution in [0, 0.1) is 0 Å². The summed E-state index contributed by atoms with van der Waals surface area (Å²) in [5.74, 6) is -0.540. The largest absolute Gasteiger partial charge is 0.434 e. The molecule has 0 aliphatic carbocycles. The van der Waals surface area contributed by atoms with E-state index in [0.717, 1.165) is 5.38 Å². The summed E-state index contributed by atoms with van der Waals surface area (Å²) in [5, 5.41) is 4.03. The number of amides is 1. The number of hydrogen-bond acceptors (Lipinski definition) is 4. The number of thiazole rings is 1. The Kier molecular flexibility index (Phi) is 4.38. The van der Waals surface area contributed by atoms with Crippen molar-refractivity contribution < 1.29 is 18.0 Å². The molecule has 2 aromatic heterocycles. The van der Waals surface area contributed by atoms with Crippen molar-refractivity contribution in [3.63, 3.8) is 0 Å². The van der Waals surface area contributed by atoms with Gasteiger partial charge in [0, 0.05) is 16.2 Å². The molecule has 0 bridgehead atoms. The standard InChI is InChI=1S/C19H12F3N3O2S/c20-19(21,22)15-10-28-18(23-15)24-16(26)9-25-13-7-3-1-5-11(13)17(27)12-6-2-4-8-14(12)25/h1-8,10H,9H2,(H,23,24,26). The average Bonchev–Trinajstić information content (AvgIpc) is 3.14. The van der Waals surface area contributed by atoms with Crippen molar-refractivity contribution in [1.29, 1.82) is 0 Å². The number of nitrogens with zero attached hydrogens (tertiary/aromatic N) is 2. The second-order valence-electron chi connectivity index (χ2n) is 6.03. The third kappa shape index (κ3) is 3.24. The van der Waals surface area contributed by atoms with Crippen LogP contribution in [0.15, 0.2) is 58.7 Å². The van der Waals surface area contributed by atoms with Crippen LogP contribution < -0.4 is 10.7 Å². The van der Waals surface area contributed by atoms with Gasteiger partial charge in [0.1, 0.15) is 6.54 Å². The first-order valence-corrected chi connectivity index (χ1v) is 9.05. The zero-order valence-electron chi connectivity index (χ0n) is 14.2. The van der Waals surface area contributed by atoms with Gasteiger partial charge in [-0.25, -0.2) is 4.98 Å². The summed E-state index contributed by atoms with van der Waals surface area (Å²) in [7, 11) is 0. The van der Waals surface area contributed by atoms with Crippen LogP contribution >= 0.6 is 11.3 Å². The molecule has 2 heterocycles. The fourth-order valence-electron chi connectivity index (χ4n) is 3.01. The lowest BCUT2D eigenvalue weighted by Crippen LogP contribution is -2.21. The van der Waals surface area contributed by atoms with Crippen LogP contribution in [0.25, 0.3) is 21.8 Å². The van der Waals surface area contributed by atoms with Gasteiger partial charge in [0.05, 0.1) is 11.0 Å². The molecular formula is C19H12F3N3O2S. The maximum Gasteiger partial charge on any atom is 0.434 e. The van der Waals surface area contributed by atoms with E-state index in [-0.39, 0.29) is 17.1 Å². The minimum atomic E-state index is -4.56. The van der Waals surface area contributed by atoms with Crippen molar-refractivity contribution in [3.8, 4) is 0 Å². The van der Waals surface area contributed by atoms with Crippen molar-refractivity contribution in [1.82, 2.24) is 9.55 Å². The maximum absolute atomic E-state index is 12.7. The van der Waals surface area contributed by atoms with Crippen molar-refractivity contribution in [2.45, 2.75) is 12.7 Å². The van der Waals surface area contributed by atoms with Crippen LogP contribution in [-0.2, 0) is 17.5 Å². The highest BCUT2D eigenvalue weighted by molar-refractivity contribution is 7.13. The van der Waals surface area contributed by atoms with Crippen LogP contribution in [0.2, 0.25) is 0 Å². The first-order valence-electron chi connectivity index (χ1n) is 8.17. The molecule has 0 atom stereocenters. The second kappa shape index (κ2) is 6.75. The molecule has 0 aliphatic heterocycles. The molecular weight excluding hydrogens is 391 g/mol. The Hall–Kier alpha value is -3.20. The monoisotopic (exact) mass is 403 g/mol. The Morgan fingerprint density at radius 3 is 2.14 bits per heavy atom. The van der Waals surface area contributed by atoms with Crippen LogP contribution in [0.5, 0.6) is 0 Å². The zero-order chi connectivity index (χ0) is 19.9. The maximum atomic E-state index is 12.7. The third-order valence-corrected chi connectivity index (χ3v) is 4.98. The van der Waals surface area contributed by atoms with E-state index in [4.69, 9.17) is 0 Å². The van der Waals surface area contributed by atoms with E-state index in [1.807, 2.05) is 0 Å². The first kappa shape index (κ1) is 18.2. The summed E-state index contributed by atoms with van der Waals surface area (Å²) < 4.78 is 39.7. The molecule has 0 unspecified atom stereocenters. The molecule has 0 fully saturated rings. The normalized spacial score (nSPS) is 11.8. The zero-order valence-corrected chi connectivity index (χ0v) is 15.0. The number of rotatable bonds is 3. The highest BCUT2D eigenvalue weighted by atomic mass is 32.1.